The second-order valence-corrected chi connectivity index (χ2v) is 10.9. The number of aromatic nitrogens is 2. The minimum atomic E-state index is -0.865. The van der Waals surface area contributed by atoms with Crippen LogP contribution >= 0.6 is 11.6 Å². The van der Waals surface area contributed by atoms with Crippen molar-refractivity contribution in [3.8, 4) is 17.5 Å². The Labute approximate surface area is 230 Å². The summed E-state index contributed by atoms with van der Waals surface area (Å²) in [7, 11) is 4.18. The molecule has 198 valence electrons. The van der Waals surface area contributed by atoms with Crippen LogP contribution in [0.25, 0.3) is 11.4 Å². The van der Waals surface area contributed by atoms with Crippen LogP contribution in [0.1, 0.15) is 30.4 Å². The molecular weight excluding hydrogens is 496 g/mol. The number of amides is 1. The molecule has 1 saturated heterocycles. The van der Waals surface area contributed by atoms with Crippen LogP contribution in [0.15, 0.2) is 61.4 Å². The monoisotopic (exact) mass is 530 g/mol. The summed E-state index contributed by atoms with van der Waals surface area (Å²) in [5, 5.41) is 13.0. The molecule has 38 heavy (non-hydrogen) atoms. The van der Waals surface area contributed by atoms with Gasteiger partial charge in [0.25, 0.3) is 0 Å². The highest BCUT2D eigenvalue weighted by molar-refractivity contribution is 6.31. The van der Waals surface area contributed by atoms with Gasteiger partial charge in [-0.15, -0.1) is 0 Å². The van der Waals surface area contributed by atoms with Gasteiger partial charge in [-0.1, -0.05) is 55.1 Å². The standard InChI is InChI=1S/C30H35ClN6O/c1-5-7-21(6-2)14-23-8-9-24(15-26(23)31)27-33-16-25(17-34-29(38)30(20-32)11-12-30)28(35-27)37-13-10-22(19-37)18-36(3)4/h5-9,15-16,22H,1-2,10-14,17-19H2,3-4H3,(H,34,38)/b21-7+. The average molecular weight is 531 g/mol. The molecule has 1 atom stereocenters. The Bertz CT molecular complexity index is 1290. The summed E-state index contributed by atoms with van der Waals surface area (Å²) in [5.74, 6) is 1.73. The van der Waals surface area contributed by atoms with Gasteiger partial charge in [0.05, 0.1) is 6.07 Å². The summed E-state index contributed by atoms with van der Waals surface area (Å²) >= 11 is 6.66. The van der Waals surface area contributed by atoms with E-state index in [0.717, 1.165) is 54.1 Å². The minimum absolute atomic E-state index is 0.214. The number of hydrogen-bond acceptors (Lipinski definition) is 6. The molecule has 1 unspecified atom stereocenters. The Hall–Kier alpha value is -3.47. The van der Waals surface area contributed by atoms with Crippen LogP contribution in [0, 0.1) is 22.7 Å². The number of carbonyl (C=O) groups excluding carboxylic acids is 1. The Morgan fingerprint density at radius 2 is 2.13 bits per heavy atom. The van der Waals surface area contributed by atoms with Gasteiger partial charge < -0.3 is 15.1 Å². The normalized spacial score (nSPS) is 18.2. The smallest absolute Gasteiger partial charge is 0.240 e. The number of anilines is 1. The summed E-state index contributed by atoms with van der Waals surface area (Å²) in [6.45, 7) is 10.7. The topological polar surface area (TPSA) is 85.1 Å². The Morgan fingerprint density at radius 3 is 2.76 bits per heavy atom. The fraction of sp³-hybridized carbons (Fsp3) is 0.400. The quantitative estimate of drug-likeness (QED) is 0.414. The summed E-state index contributed by atoms with van der Waals surface area (Å²) in [5.41, 5.74) is 2.82. The van der Waals surface area contributed by atoms with Gasteiger partial charge in [-0.2, -0.15) is 5.26 Å². The Kier molecular flexibility index (Phi) is 8.65. The zero-order valence-electron chi connectivity index (χ0n) is 22.2. The molecule has 2 fully saturated rings. The molecule has 0 bridgehead atoms. The van der Waals surface area contributed by atoms with Gasteiger partial charge in [-0.05, 0) is 62.9 Å². The molecule has 1 aliphatic heterocycles. The molecule has 1 amide bonds. The number of nitrogens with zero attached hydrogens (tertiary/aromatic N) is 5. The van der Waals surface area contributed by atoms with E-state index in [1.54, 1.807) is 18.3 Å². The fourth-order valence-corrected chi connectivity index (χ4v) is 5.13. The van der Waals surface area contributed by atoms with Gasteiger partial charge in [0.2, 0.25) is 5.91 Å². The highest BCUT2D eigenvalue weighted by atomic mass is 35.5. The molecule has 1 aromatic heterocycles. The molecule has 2 aliphatic rings. The largest absolute Gasteiger partial charge is 0.356 e. The molecule has 2 aromatic rings. The van der Waals surface area contributed by atoms with E-state index in [1.165, 1.54) is 0 Å². The number of nitriles is 1. The van der Waals surface area contributed by atoms with Crippen molar-refractivity contribution in [2.75, 3.05) is 38.6 Å². The highest BCUT2D eigenvalue weighted by Crippen LogP contribution is 2.45. The van der Waals surface area contributed by atoms with Crippen molar-refractivity contribution in [3.63, 3.8) is 0 Å². The number of halogens is 1. The van der Waals surface area contributed by atoms with Crippen LogP contribution < -0.4 is 10.2 Å². The van der Waals surface area contributed by atoms with Gasteiger partial charge in [0.15, 0.2) is 5.82 Å². The lowest BCUT2D eigenvalue weighted by molar-refractivity contribution is -0.124. The molecule has 0 radical (unpaired) electrons. The van der Waals surface area contributed by atoms with E-state index >= 15 is 0 Å². The summed E-state index contributed by atoms with van der Waals surface area (Å²) in [4.78, 5) is 26.7. The van der Waals surface area contributed by atoms with Crippen LogP contribution in [0.4, 0.5) is 5.82 Å². The highest BCUT2D eigenvalue weighted by Gasteiger charge is 2.50. The van der Waals surface area contributed by atoms with Crippen molar-refractivity contribution in [3.05, 3.63) is 77.5 Å². The van der Waals surface area contributed by atoms with Gasteiger partial charge in [0, 0.05) is 48.5 Å². The first-order chi connectivity index (χ1) is 18.3. The van der Waals surface area contributed by atoms with E-state index in [4.69, 9.17) is 16.6 Å². The lowest BCUT2D eigenvalue weighted by atomic mass is 10.0. The molecule has 1 saturated carbocycles. The van der Waals surface area contributed by atoms with Crippen molar-refractivity contribution < 1.29 is 4.79 Å². The van der Waals surface area contributed by atoms with Crippen molar-refractivity contribution in [1.82, 2.24) is 20.2 Å². The van der Waals surface area contributed by atoms with E-state index in [1.807, 2.05) is 24.3 Å². The second kappa shape index (κ2) is 11.9. The molecule has 2 heterocycles. The number of rotatable bonds is 11. The molecule has 1 N–H and O–H groups in total. The van der Waals surface area contributed by atoms with Crippen LogP contribution in [-0.2, 0) is 17.8 Å². The zero-order chi connectivity index (χ0) is 27.3. The van der Waals surface area contributed by atoms with E-state index < -0.39 is 5.41 Å². The number of benzene rings is 1. The Balaban J connectivity index is 1.60. The van der Waals surface area contributed by atoms with E-state index in [0.29, 0.717) is 36.0 Å². The molecule has 1 aromatic carbocycles. The van der Waals surface area contributed by atoms with Crippen LogP contribution in [0.2, 0.25) is 5.02 Å². The SMILES string of the molecule is C=C/C=C(\C=C)Cc1ccc(-c2ncc(CNC(=O)C3(C#N)CC3)c(N3CCC(CN(C)C)C3)n2)cc1Cl. The van der Waals surface area contributed by atoms with Gasteiger partial charge in [-0.3, -0.25) is 4.79 Å². The predicted molar refractivity (Wildman–Crippen MR) is 153 cm³/mol. The molecular formula is C30H35ClN6O. The molecule has 7 nitrogen and oxygen atoms in total. The van der Waals surface area contributed by atoms with Crippen molar-refractivity contribution >= 4 is 23.3 Å². The molecule has 1 aliphatic carbocycles. The first kappa shape index (κ1) is 27.6. The minimum Gasteiger partial charge on any atom is -0.356 e. The van der Waals surface area contributed by atoms with Crippen LogP contribution in [-0.4, -0.2) is 54.5 Å². The number of hydrogen-bond donors (Lipinski definition) is 1. The lowest BCUT2D eigenvalue weighted by Gasteiger charge is -2.23. The third-order valence-electron chi connectivity index (χ3n) is 7.19. The Morgan fingerprint density at radius 1 is 1.34 bits per heavy atom. The van der Waals surface area contributed by atoms with E-state index in [9.17, 15) is 10.1 Å². The van der Waals surface area contributed by atoms with Gasteiger partial charge in [-0.25, -0.2) is 9.97 Å². The van der Waals surface area contributed by atoms with Gasteiger partial charge in [0.1, 0.15) is 11.2 Å². The maximum Gasteiger partial charge on any atom is 0.240 e. The number of allylic oxidation sites excluding steroid dienone is 4. The third-order valence-corrected chi connectivity index (χ3v) is 7.54. The number of carbonyl (C=O) groups is 1. The van der Waals surface area contributed by atoms with Crippen molar-refractivity contribution in [2.45, 2.75) is 32.2 Å². The second-order valence-electron chi connectivity index (χ2n) is 10.4. The first-order valence-electron chi connectivity index (χ1n) is 13.0. The maximum absolute atomic E-state index is 12.6. The number of nitrogens with one attached hydrogen (secondary N) is 1. The van der Waals surface area contributed by atoms with E-state index in [-0.39, 0.29) is 12.5 Å². The summed E-state index contributed by atoms with van der Waals surface area (Å²) in [6, 6.07) is 8.04. The summed E-state index contributed by atoms with van der Waals surface area (Å²) < 4.78 is 0. The summed E-state index contributed by atoms with van der Waals surface area (Å²) in [6.07, 6.45) is 10.2. The van der Waals surface area contributed by atoms with Crippen molar-refractivity contribution in [1.29, 1.82) is 5.26 Å². The van der Waals surface area contributed by atoms with E-state index in [2.05, 4.69) is 53.4 Å². The fourth-order valence-electron chi connectivity index (χ4n) is 4.89. The van der Waals surface area contributed by atoms with Gasteiger partial charge >= 0.3 is 0 Å². The van der Waals surface area contributed by atoms with Crippen molar-refractivity contribution in [2.24, 2.45) is 11.3 Å². The third kappa shape index (κ3) is 6.32. The molecule has 0 spiro atoms. The maximum atomic E-state index is 12.6. The average Bonchev–Trinajstić information content (AvgIpc) is 3.59. The lowest BCUT2D eigenvalue weighted by Crippen LogP contribution is -2.32. The molecule has 8 heteroatoms. The van der Waals surface area contributed by atoms with Crippen LogP contribution in [0.3, 0.4) is 0 Å². The zero-order valence-corrected chi connectivity index (χ0v) is 23.0. The van der Waals surface area contributed by atoms with Crippen LogP contribution in [0.5, 0.6) is 0 Å². The predicted octanol–water partition coefficient (Wildman–Crippen LogP) is 4.95. The first-order valence-corrected chi connectivity index (χ1v) is 13.3. The molecule has 4 rings (SSSR count).